The van der Waals surface area contributed by atoms with Crippen LogP contribution in [0.4, 0.5) is 4.39 Å². The smallest absolute Gasteiger partial charge is 0.254 e. The van der Waals surface area contributed by atoms with Crippen molar-refractivity contribution in [3.63, 3.8) is 0 Å². The number of aliphatic hydroxyl groups is 1. The van der Waals surface area contributed by atoms with E-state index in [1.165, 1.54) is 25.3 Å². The Balaban J connectivity index is 2.01. The van der Waals surface area contributed by atoms with E-state index < -0.39 is 12.1 Å². The first kappa shape index (κ1) is 20.1. The molecule has 1 fully saturated rings. The zero-order chi connectivity index (χ0) is 20.3. The molecule has 1 aliphatic rings. The van der Waals surface area contributed by atoms with Gasteiger partial charge in [-0.15, -0.1) is 0 Å². The second-order valence-corrected chi connectivity index (χ2v) is 6.61. The first-order valence-corrected chi connectivity index (χ1v) is 9.01. The Kier molecular flexibility index (Phi) is 6.16. The van der Waals surface area contributed by atoms with Crippen LogP contribution in [0.25, 0.3) is 0 Å². The molecule has 0 aromatic heterocycles. The fraction of sp³-hybridized carbons (Fsp3) is 0.381. The van der Waals surface area contributed by atoms with Crippen LogP contribution in [0.3, 0.4) is 0 Å². The molecule has 3 rings (SSSR count). The van der Waals surface area contributed by atoms with Crippen molar-refractivity contribution in [3.05, 3.63) is 58.9 Å². The molecule has 1 saturated heterocycles. The van der Waals surface area contributed by atoms with Crippen LogP contribution in [0.15, 0.2) is 36.4 Å². The Labute approximate surface area is 163 Å². The molecule has 0 bridgehead atoms. The third kappa shape index (κ3) is 3.81. The lowest BCUT2D eigenvalue weighted by Gasteiger charge is -2.41. The highest BCUT2D eigenvalue weighted by Crippen LogP contribution is 2.36. The van der Waals surface area contributed by atoms with Crippen molar-refractivity contribution in [1.29, 1.82) is 0 Å². The molecule has 1 N–H and O–H groups in total. The highest BCUT2D eigenvalue weighted by Gasteiger charge is 2.37. The zero-order valence-electron chi connectivity index (χ0n) is 16.1. The number of rotatable bonds is 5. The van der Waals surface area contributed by atoms with E-state index in [0.717, 1.165) is 5.56 Å². The second-order valence-electron chi connectivity index (χ2n) is 6.61. The van der Waals surface area contributed by atoms with Gasteiger partial charge in [0, 0.05) is 12.1 Å². The number of hydrogen-bond donors (Lipinski definition) is 1. The van der Waals surface area contributed by atoms with Gasteiger partial charge >= 0.3 is 0 Å². The first-order chi connectivity index (χ1) is 13.5. The van der Waals surface area contributed by atoms with Gasteiger partial charge < -0.3 is 24.2 Å². The molecular weight excluding hydrogens is 365 g/mol. The van der Waals surface area contributed by atoms with Gasteiger partial charge in [0.15, 0.2) is 11.5 Å². The van der Waals surface area contributed by atoms with Crippen molar-refractivity contribution in [2.45, 2.75) is 19.1 Å². The summed E-state index contributed by atoms with van der Waals surface area (Å²) < 4.78 is 30.0. The summed E-state index contributed by atoms with van der Waals surface area (Å²) in [6.45, 7) is 2.03. The molecule has 0 aliphatic carbocycles. The lowest BCUT2D eigenvalue weighted by molar-refractivity contribution is -0.0811. The lowest BCUT2D eigenvalue weighted by atomic mass is 9.96. The third-order valence-corrected chi connectivity index (χ3v) is 4.95. The van der Waals surface area contributed by atoms with Crippen molar-refractivity contribution in [1.82, 2.24) is 4.90 Å². The van der Waals surface area contributed by atoms with Gasteiger partial charge in [0.1, 0.15) is 11.9 Å². The summed E-state index contributed by atoms with van der Waals surface area (Å²) in [5, 5.41) is 9.83. The van der Waals surface area contributed by atoms with Gasteiger partial charge in [-0.05, 0) is 48.4 Å². The fourth-order valence-electron chi connectivity index (χ4n) is 3.49. The van der Waals surface area contributed by atoms with Gasteiger partial charge in [-0.3, -0.25) is 4.79 Å². The predicted molar refractivity (Wildman–Crippen MR) is 101 cm³/mol. The van der Waals surface area contributed by atoms with E-state index in [2.05, 4.69) is 0 Å². The third-order valence-electron chi connectivity index (χ3n) is 4.95. The summed E-state index contributed by atoms with van der Waals surface area (Å²) >= 11 is 0. The molecule has 0 unspecified atom stereocenters. The minimum atomic E-state index is -0.586. The van der Waals surface area contributed by atoms with Gasteiger partial charge in [-0.1, -0.05) is 6.07 Å². The summed E-state index contributed by atoms with van der Waals surface area (Å²) in [5.41, 5.74) is 1.55. The molecule has 2 aromatic rings. The van der Waals surface area contributed by atoms with Crippen LogP contribution < -0.4 is 9.47 Å². The van der Waals surface area contributed by atoms with E-state index in [-0.39, 0.29) is 18.3 Å². The summed E-state index contributed by atoms with van der Waals surface area (Å²) in [7, 11) is 3.08. The summed E-state index contributed by atoms with van der Waals surface area (Å²) in [6, 6.07) is 9.12. The molecule has 0 spiro atoms. The quantitative estimate of drug-likeness (QED) is 0.852. The fourth-order valence-corrected chi connectivity index (χ4v) is 3.49. The second kappa shape index (κ2) is 8.58. The maximum Gasteiger partial charge on any atom is 0.254 e. The summed E-state index contributed by atoms with van der Waals surface area (Å²) in [5.74, 6) is 0.482. The molecule has 0 radical (unpaired) electrons. The maximum absolute atomic E-state index is 13.6. The van der Waals surface area contributed by atoms with Crippen molar-refractivity contribution in [2.24, 2.45) is 0 Å². The largest absolute Gasteiger partial charge is 0.493 e. The van der Waals surface area contributed by atoms with Crippen molar-refractivity contribution < 1.29 is 28.5 Å². The average Bonchev–Trinajstić information content (AvgIpc) is 2.73. The van der Waals surface area contributed by atoms with Crippen LogP contribution in [0.5, 0.6) is 11.5 Å². The molecule has 0 saturated carbocycles. The lowest BCUT2D eigenvalue weighted by Crippen LogP contribution is -2.49. The van der Waals surface area contributed by atoms with E-state index in [4.69, 9.17) is 14.2 Å². The number of halogens is 1. The van der Waals surface area contributed by atoms with Crippen molar-refractivity contribution >= 4 is 5.91 Å². The molecule has 7 heteroatoms. The highest BCUT2D eigenvalue weighted by molar-refractivity contribution is 5.94. The van der Waals surface area contributed by atoms with Gasteiger partial charge in [0.25, 0.3) is 5.91 Å². The van der Waals surface area contributed by atoms with Crippen LogP contribution >= 0.6 is 0 Å². The van der Waals surface area contributed by atoms with E-state index in [1.807, 2.05) is 6.07 Å². The molecule has 1 amide bonds. The number of methoxy groups -OCH3 is 2. The van der Waals surface area contributed by atoms with E-state index in [1.54, 1.807) is 31.1 Å². The number of carbonyl (C=O) groups excluding carboxylic acids is 1. The Morgan fingerprint density at radius 1 is 1.21 bits per heavy atom. The van der Waals surface area contributed by atoms with Crippen LogP contribution in [0.1, 0.15) is 27.5 Å². The number of amides is 1. The normalized spacial score (nSPS) is 19.4. The van der Waals surface area contributed by atoms with Crippen molar-refractivity contribution in [2.75, 3.05) is 34.0 Å². The minimum Gasteiger partial charge on any atom is -0.493 e. The number of aryl methyl sites for hydroxylation is 1. The SMILES string of the molecule is COc1ccc([C@@H]2[C@@H](CO)OCCN2C(=O)c2ccc(F)c(C)c2)cc1OC. The number of carbonyl (C=O) groups is 1. The number of ether oxygens (including phenoxy) is 3. The Morgan fingerprint density at radius 3 is 2.61 bits per heavy atom. The monoisotopic (exact) mass is 389 g/mol. The predicted octanol–water partition coefficient (Wildman–Crippen LogP) is 2.73. The van der Waals surface area contributed by atoms with Gasteiger partial charge in [0.05, 0.1) is 33.5 Å². The van der Waals surface area contributed by atoms with Crippen LogP contribution in [-0.2, 0) is 4.74 Å². The van der Waals surface area contributed by atoms with E-state index in [9.17, 15) is 14.3 Å². The number of morpholine rings is 1. The molecule has 28 heavy (non-hydrogen) atoms. The molecule has 150 valence electrons. The molecule has 6 nitrogen and oxygen atoms in total. The molecule has 1 heterocycles. The maximum atomic E-state index is 13.6. The van der Waals surface area contributed by atoms with Gasteiger partial charge in [-0.2, -0.15) is 0 Å². The Bertz CT molecular complexity index is 857. The van der Waals surface area contributed by atoms with E-state index in [0.29, 0.717) is 35.8 Å². The molecular formula is C21H24FNO5. The van der Waals surface area contributed by atoms with Crippen LogP contribution in [0, 0.1) is 12.7 Å². The molecule has 1 aliphatic heterocycles. The topological polar surface area (TPSA) is 68.2 Å². The van der Waals surface area contributed by atoms with Crippen LogP contribution in [0.2, 0.25) is 0 Å². The molecule has 2 atom stereocenters. The van der Waals surface area contributed by atoms with Crippen molar-refractivity contribution in [3.8, 4) is 11.5 Å². The first-order valence-electron chi connectivity index (χ1n) is 9.01. The Hall–Kier alpha value is -2.64. The highest BCUT2D eigenvalue weighted by atomic mass is 19.1. The van der Waals surface area contributed by atoms with Crippen LogP contribution in [-0.4, -0.2) is 56.0 Å². The standard InChI is InChI=1S/C21H24FNO5/c1-13-10-15(4-6-16(13)22)21(25)23-8-9-28-19(12-24)20(23)14-5-7-17(26-2)18(11-14)27-3/h4-7,10-11,19-20,24H,8-9,12H2,1-3H3/t19-,20-/m1/s1. The molecule has 2 aromatic carbocycles. The minimum absolute atomic E-state index is 0.245. The summed E-state index contributed by atoms with van der Waals surface area (Å²) in [4.78, 5) is 14.8. The number of nitrogens with zero attached hydrogens (tertiary/aromatic N) is 1. The number of aliphatic hydroxyl groups excluding tert-OH is 1. The van der Waals surface area contributed by atoms with Gasteiger partial charge in [0.2, 0.25) is 0 Å². The zero-order valence-corrected chi connectivity index (χ0v) is 16.1. The average molecular weight is 389 g/mol. The van der Waals surface area contributed by atoms with E-state index >= 15 is 0 Å². The summed E-state index contributed by atoms with van der Waals surface area (Å²) in [6.07, 6.45) is -0.586. The number of benzene rings is 2. The number of hydrogen-bond acceptors (Lipinski definition) is 5. The Morgan fingerprint density at radius 2 is 1.96 bits per heavy atom. The van der Waals surface area contributed by atoms with Gasteiger partial charge in [-0.25, -0.2) is 4.39 Å².